The fourth-order valence-corrected chi connectivity index (χ4v) is 4.81. The quantitative estimate of drug-likeness (QED) is 0.766. The van der Waals surface area contributed by atoms with E-state index in [2.05, 4.69) is 5.32 Å². The summed E-state index contributed by atoms with van der Waals surface area (Å²) in [5.41, 5.74) is 1.84. The van der Waals surface area contributed by atoms with Crippen LogP contribution in [0.3, 0.4) is 0 Å². The third-order valence-corrected chi connectivity index (χ3v) is 6.57. The van der Waals surface area contributed by atoms with Crippen molar-refractivity contribution in [2.45, 2.75) is 38.1 Å². The third kappa shape index (κ3) is 4.89. The Bertz CT molecular complexity index is 925. The molecule has 2 aliphatic rings. The van der Waals surface area contributed by atoms with Gasteiger partial charge < -0.3 is 15.0 Å². The molecule has 2 aromatic carbocycles. The van der Waals surface area contributed by atoms with Gasteiger partial charge in [-0.3, -0.25) is 9.59 Å². The summed E-state index contributed by atoms with van der Waals surface area (Å²) in [6.07, 6.45) is 4.09. The molecule has 31 heavy (non-hydrogen) atoms. The van der Waals surface area contributed by atoms with Crippen molar-refractivity contribution in [3.63, 3.8) is 0 Å². The van der Waals surface area contributed by atoms with Crippen LogP contribution in [-0.4, -0.2) is 36.9 Å². The van der Waals surface area contributed by atoms with Gasteiger partial charge in [-0.05, 0) is 48.2 Å². The molecule has 0 unspecified atom stereocenters. The molecule has 1 aliphatic heterocycles. The van der Waals surface area contributed by atoms with Gasteiger partial charge in [0.1, 0.15) is 11.6 Å². The van der Waals surface area contributed by atoms with E-state index in [1.807, 2.05) is 29.2 Å². The lowest BCUT2D eigenvalue weighted by Gasteiger charge is -2.20. The molecule has 5 nitrogen and oxygen atoms in total. The van der Waals surface area contributed by atoms with Gasteiger partial charge >= 0.3 is 0 Å². The number of amides is 2. The van der Waals surface area contributed by atoms with Crippen LogP contribution in [0.5, 0.6) is 5.75 Å². The van der Waals surface area contributed by atoms with E-state index in [-0.39, 0.29) is 35.4 Å². The molecule has 2 fully saturated rings. The van der Waals surface area contributed by atoms with Crippen molar-refractivity contribution in [3.05, 3.63) is 65.5 Å². The Morgan fingerprint density at radius 1 is 1.10 bits per heavy atom. The van der Waals surface area contributed by atoms with Gasteiger partial charge in [-0.1, -0.05) is 37.1 Å². The lowest BCUT2D eigenvalue weighted by atomic mass is 9.88. The van der Waals surface area contributed by atoms with E-state index in [1.165, 1.54) is 12.1 Å². The zero-order valence-electron chi connectivity index (χ0n) is 17.9. The highest BCUT2D eigenvalue weighted by Gasteiger charge is 2.42. The zero-order valence-corrected chi connectivity index (χ0v) is 17.9. The number of halogens is 1. The number of hydrogen-bond acceptors (Lipinski definition) is 3. The van der Waals surface area contributed by atoms with E-state index in [0.29, 0.717) is 19.6 Å². The molecule has 0 radical (unpaired) electrons. The normalized spacial score (nSPS) is 21.3. The van der Waals surface area contributed by atoms with E-state index in [1.54, 1.807) is 19.2 Å². The van der Waals surface area contributed by atoms with Crippen LogP contribution in [0, 0.1) is 17.7 Å². The minimum absolute atomic E-state index is 0.0844. The minimum Gasteiger partial charge on any atom is -0.497 e. The zero-order chi connectivity index (χ0) is 21.8. The number of nitrogens with one attached hydrogen (secondary N) is 1. The molecule has 0 aromatic heterocycles. The predicted molar refractivity (Wildman–Crippen MR) is 116 cm³/mol. The molecular weight excluding hydrogens is 395 g/mol. The van der Waals surface area contributed by atoms with E-state index in [0.717, 1.165) is 42.6 Å². The topological polar surface area (TPSA) is 58.6 Å². The maximum absolute atomic E-state index is 13.2. The highest BCUT2D eigenvalue weighted by molar-refractivity contribution is 5.84. The van der Waals surface area contributed by atoms with Crippen LogP contribution in [0.1, 0.15) is 42.7 Å². The average molecular weight is 425 g/mol. The molecule has 1 saturated carbocycles. The molecule has 2 aromatic rings. The first-order chi connectivity index (χ1) is 15.0. The van der Waals surface area contributed by atoms with E-state index >= 15 is 0 Å². The molecule has 2 atom stereocenters. The van der Waals surface area contributed by atoms with Crippen molar-refractivity contribution >= 4 is 11.8 Å². The van der Waals surface area contributed by atoms with Crippen LogP contribution in [0.15, 0.2) is 48.5 Å². The first kappa shape index (κ1) is 21.3. The number of nitrogens with zero attached hydrogens (tertiary/aromatic N) is 1. The van der Waals surface area contributed by atoms with E-state index < -0.39 is 0 Å². The monoisotopic (exact) mass is 424 g/mol. The summed E-state index contributed by atoms with van der Waals surface area (Å²) < 4.78 is 18.5. The molecule has 0 bridgehead atoms. The van der Waals surface area contributed by atoms with Gasteiger partial charge in [0.15, 0.2) is 0 Å². The molecule has 1 saturated heterocycles. The number of hydrogen-bond donors (Lipinski definition) is 1. The Kier molecular flexibility index (Phi) is 6.54. The SMILES string of the molecule is COc1cccc([C@@H]2CN(C(=O)C3CCCC3)C[C@H]2C(=O)NCc2ccc(F)cc2)c1. The molecule has 0 spiro atoms. The summed E-state index contributed by atoms with van der Waals surface area (Å²) >= 11 is 0. The Hall–Kier alpha value is -2.89. The van der Waals surface area contributed by atoms with Crippen molar-refractivity contribution < 1.29 is 18.7 Å². The van der Waals surface area contributed by atoms with Crippen molar-refractivity contribution in [1.29, 1.82) is 0 Å². The number of rotatable bonds is 6. The van der Waals surface area contributed by atoms with E-state index in [9.17, 15) is 14.0 Å². The Balaban J connectivity index is 1.51. The predicted octanol–water partition coefficient (Wildman–Crippen LogP) is 3.88. The highest BCUT2D eigenvalue weighted by Crippen LogP contribution is 2.37. The molecule has 1 heterocycles. The van der Waals surface area contributed by atoms with Crippen LogP contribution in [0.4, 0.5) is 4.39 Å². The maximum atomic E-state index is 13.2. The van der Waals surface area contributed by atoms with Crippen LogP contribution in [0.2, 0.25) is 0 Å². The number of benzene rings is 2. The lowest BCUT2D eigenvalue weighted by Crippen LogP contribution is -2.36. The smallest absolute Gasteiger partial charge is 0.225 e. The summed E-state index contributed by atoms with van der Waals surface area (Å²) in [4.78, 5) is 28.1. The fourth-order valence-electron chi connectivity index (χ4n) is 4.81. The van der Waals surface area contributed by atoms with Crippen LogP contribution in [0.25, 0.3) is 0 Å². The van der Waals surface area contributed by atoms with Crippen molar-refractivity contribution in [3.8, 4) is 5.75 Å². The van der Waals surface area contributed by atoms with Gasteiger partial charge in [0.2, 0.25) is 11.8 Å². The van der Waals surface area contributed by atoms with Gasteiger partial charge in [-0.25, -0.2) is 4.39 Å². The Morgan fingerprint density at radius 3 is 2.55 bits per heavy atom. The number of methoxy groups -OCH3 is 1. The molecule has 2 amide bonds. The maximum Gasteiger partial charge on any atom is 0.225 e. The second-order valence-corrected chi connectivity index (χ2v) is 8.56. The summed E-state index contributed by atoms with van der Waals surface area (Å²) in [5, 5.41) is 2.99. The molecule has 6 heteroatoms. The number of likely N-dealkylation sites (tertiary alicyclic amines) is 1. The fraction of sp³-hybridized carbons (Fsp3) is 0.440. The largest absolute Gasteiger partial charge is 0.497 e. The second-order valence-electron chi connectivity index (χ2n) is 8.56. The summed E-state index contributed by atoms with van der Waals surface area (Å²) in [6, 6.07) is 13.9. The van der Waals surface area contributed by atoms with Gasteiger partial charge in [0.05, 0.1) is 13.0 Å². The third-order valence-electron chi connectivity index (χ3n) is 6.57. The first-order valence-electron chi connectivity index (χ1n) is 11.0. The molecule has 1 N–H and O–H groups in total. The summed E-state index contributed by atoms with van der Waals surface area (Å²) in [6.45, 7) is 1.29. The molecule has 1 aliphatic carbocycles. The summed E-state index contributed by atoms with van der Waals surface area (Å²) in [7, 11) is 1.62. The van der Waals surface area contributed by atoms with E-state index in [4.69, 9.17) is 4.74 Å². The van der Waals surface area contributed by atoms with Crippen LogP contribution >= 0.6 is 0 Å². The number of carbonyl (C=O) groups excluding carboxylic acids is 2. The van der Waals surface area contributed by atoms with Gasteiger partial charge in [0, 0.05) is 31.5 Å². The first-order valence-corrected chi connectivity index (χ1v) is 11.0. The van der Waals surface area contributed by atoms with Gasteiger partial charge in [0.25, 0.3) is 0 Å². The summed E-state index contributed by atoms with van der Waals surface area (Å²) in [5.74, 6) is 0.199. The number of carbonyl (C=O) groups is 2. The standard InChI is InChI=1S/C25H29FN2O3/c1-31-21-8-4-7-19(13-21)22-15-28(25(30)18-5-2-3-6-18)16-23(22)24(29)27-14-17-9-11-20(26)12-10-17/h4,7-13,18,22-23H,2-3,5-6,14-16H2,1H3,(H,27,29)/t22-,23+/m0/s1. The molecular formula is C25H29FN2O3. The van der Waals surface area contributed by atoms with Crippen LogP contribution < -0.4 is 10.1 Å². The number of ether oxygens (including phenoxy) is 1. The lowest BCUT2D eigenvalue weighted by molar-refractivity contribution is -0.134. The average Bonchev–Trinajstić information content (AvgIpc) is 3.49. The van der Waals surface area contributed by atoms with Crippen molar-refractivity contribution in [2.24, 2.45) is 11.8 Å². The Morgan fingerprint density at radius 2 is 1.84 bits per heavy atom. The second kappa shape index (κ2) is 9.50. The highest BCUT2D eigenvalue weighted by atomic mass is 19.1. The van der Waals surface area contributed by atoms with Crippen LogP contribution in [-0.2, 0) is 16.1 Å². The van der Waals surface area contributed by atoms with Crippen molar-refractivity contribution in [1.82, 2.24) is 10.2 Å². The van der Waals surface area contributed by atoms with Gasteiger partial charge in [-0.15, -0.1) is 0 Å². The Labute approximate surface area is 182 Å². The van der Waals surface area contributed by atoms with Crippen molar-refractivity contribution in [2.75, 3.05) is 20.2 Å². The minimum atomic E-state index is -0.335. The molecule has 164 valence electrons. The molecule has 4 rings (SSSR count). The van der Waals surface area contributed by atoms with Gasteiger partial charge in [-0.2, -0.15) is 0 Å².